The topological polar surface area (TPSA) is 50.8 Å². The van der Waals surface area contributed by atoms with Crippen LogP contribution < -0.4 is 10.1 Å². The number of benzene rings is 3. The maximum Gasteiger partial charge on any atom is 0.410 e. The molecule has 1 atom stereocenters. The molecule has 0 aliphatic carbocycles. The number of methoxy groups -OCH3 is 1. The maximum absolute atomic E-state index is 12.0. The summed E-state index contributed by atoms with van der Waals surface area (Å²) in [4.78, 5) is 13.7. The molecule has 4 rings (SSSR count). The third kappa shape index (κ3) is 5.20. The molecule has 0 aromatic heterocycles. The molecule has 172 valence electrons. The third-order valence-electron chi connectivity index (χ3n) is 6.25. The van der Waals surface area contributed by atoms with Crippen LogP contribution in [0.5, 0.6) is 5.75 Å². The van der Waals surface area contributed by atoms with E-state index in [4.69, 9.17) is 9.47 Å². The van der Waals surface area contributed by atoms with Crippen molar-refractivity contribution in [1.29, 1.82) is 0 Å². The van der Waals surface area contributed by atoms with Gasteiger partial charge < -0.3 is 19.7 Å². The lowest BCUT2D eigenvalue weighted by Crippen LogP contribution is -2.35. The van der Waals surface area contributed by atoms with E-state index < -0.39 is 0 Å². The van der Waals surface area contributed by atoms with E-state index in [9.17, 15) is 4.79 Å². The van der Waals surface area contributed by atoms with Gasteiger partial charge in [0.15, 0.2) is 0 Å². The maximum atomic E-state index is 12.0. The van der Waals surface area contributed by atoms with Crippen LogP contribution in [0.25, 0.3) is 16.3 Å². The highest BCUT2D eigenvalue weighted by Gasteiger charge is 2.20. The molecule has 5 heteroatoms. The number of nitrogens with one attached hydrogen (secondary N) is 1. The van der Waals surface area contributed by atoms with Crippen molar-refractivity contribution in [2.24, 2.45) is 0 Å². The Labute approximate surface area is 196 Å². The first-order valence-electron chi connectivity index (χ1n) is 11.6. The minimum Gasteiger partial charge on any atom is -0.496 e. The van der Waals surface area contributed by atoms with Gasteiger partial charge in [0.1, 0.15) is 5.75 Å². The Morgan fingerprint density at radius 2 is 1.94 bits per heavy atom. The lowest BCUT2D eigenvalue weighted by atomic mass is 9.96. The van der Waals surface area contributed by atoms with Gasteiger partial charge in [-0.05, 0) is 59.9 Å². The molecule has 3 aromatic rings. The van der Waals surface area contributed by atoms with E-state index in [1.54, 1.807) is 12.0 Å². The van der Waals surface area contributed by atoms with Gasteiger partial charge in [0, 0.05) is 31.2 Å². The van der Waals surface area contributed by atoms with Gasteiger partial charge in [-0.25, -0.2) is 4.79 Å². The minimum atomic E-state index is -0.250. The number of ether oxygens (including phenoxy) is 2. The molecule has 1 N–H and O–H groups in total. The van der Waals surface area contributed by atoms with Crippen LogP contribution in [0.1, 0.15) is 43.0 Å². The van der Waals surface area contributed by atoms with Crippen LogP contribution in [0.15, 0.2) is 66.7 Å². The minimum absolute atomic E-state index is 0.216. The summed E-state index contributed by atoms with van der Waals surface area (Å²) >= 11 is 0. The summed E-state index contributed by atoms with van der Waals surface area (Å²) in [6.45, 7) is 6.39. The van der Waals surface area contributed by atoms with E-state index in [1.165, 1.54) is 27.5 Å². The van der Waals surface area contributed by atoms with Crippen molar-refractivity contribution in [3.63, 3.8) is 0 Å². The van der Waals surface area contributed by atoms with Crippen molar-refractivity contribution >= 4 is 22.4 Å². The molecule has 0 radical (unpaired) electrons. The van der Waals surface area contributed by atoms with Crippen molar-refractivity contribution in [3.05, 3.63) is 83.4 Å². The summed E-state index contributed by atoms with van der Waals surface area (Å²) in [5, 5.41) is 6.23. The Bertz CT molecular complexity index is 1150. The second-order valence-corrected chi connectivity index (χ2v) is 8.33. The Kier molecular flexibility index (Phi) is 7.30. The molecule has 33 heavy (non-hydrogen) atoms. The highest BCUT2D eigenvalue weighted by molar-refractivity contribution is 5.86. The van der Waals surface area contributed by atoms with Crippen LogP contribution in [0, 0.1) is 0 Å². The predicted octanol–water partition coefficient (Wildman–Crippen LogP) is 5.94. The molecular weight excluding hydrogens is 412 g/mol. The average Bonchev–Trinajstić information content (AvgIpc) is 2.87. The molecule has 5 nitrogen and oxygen atoms in total. The number of fused-ring (bicyclic) bond motifs is 1. The smallest absolute Gasteiger partial charge is 0.410 e. The van der Waals surface area contributed by atoms with E-state index in [0.29, 0.717) is 19.7 Å². The number of nitrogens with zero attached hydrogens (tertiary/aromatic N) is 1. The first-order valence-corrected chi connectivity index (χ1v) is 11.6. The average molecular weight is 445 g/mol. The molecule has 0 unspecified atom stereocenters. The zero-order valence-corrected chi connectivity index (χ0v) is 19.6. The number of carbonyl (C=O) groups excluding carboxylic acids is 1. The summed E-state index contributed by atoms with van der Waals surface area (Å²) < 4.78 is 10.8. The molecule has 0 bridgehead atoms. The number of hydrogen-bond acceptors (Lipinski definition) is 4. The second-order valence-electron chi connectivity index (χ2n) is 8.33. The van der Waals surface area contributed by atoms with Gasteiger partial charge >= 0.3 is 6.09 Å². The van der Waals surface area contributed by atoms with Crippen molar-refractivity contribution in [2.45, 2.75) is 32.9 Å². The van der Waals surface area contributed by atoms with Crippen LogP contribution in [0.2, 0.25) is 0 Å². The monoisotopic (exact) mass is 444 g/mol. The molecule has 1 heterocycles. The summed E-state index contributed by atoms with van der Waals surface area (Å²) in [5.74, 6) is 0.858. The summed E-state index contributed by atoms with van der Waals surface area (Å²) in [6.07, 6.45) is 2.63. The number of rotatable bonds is 7. The fraction of sp³-hybridized carbons (Fsp3) is 0.321. The standard InChI is InChI=1S/C28H32N2O3/c1-4-33-28(31)30-16-14-23(15-17-30)26-18-21(12-13-27(26)32-3)19-29-20(2)24-11-7-9-22-8-5-6-10-25(22)24/h5-14,18,20,29H,4,15-17,19H2,1-3H3/t20-/m1/s1. The summed E-state index contributed by atoms with van der Waals surface area (Å²) in [7, 11) is 1.70. The largest absolute Gasteiger partial charge is 0.496 e. The quantitative estimate of drug-likeness (QED) is 0.490. The fourth-order valence-electron chi connectivity index (χ4n) is 4.42. The van der Waals surface area contributed by atoms with Crippen molar-refractivity contribution < 1.29 is 14.3 Å². The number of carbonyl (C=O) groups is 1. The number of amides is 1. The van der Waals surface area contributed by atoms with Gasteiger partial charge in [0.25, 0.3) is 0 Å². The molecule has 0 spiro atoms. The lowest BCUT2D eigenvalue weighted by molar-refractivity contribution is 0.111. The lowest BCUT2D eigenvalue weighted by Gasteiger charge is -2.26. The van der Waals surface area contributed by atoms with Crippen LogP contribution >= 0.6 is 0 Å². The van der Waals surface area contributed by atoms with E-state index in [1.807, 2.05) is 13.0 Å². The predicted molar refractivity (Wildman–Crippen MR) is 133 cm³/mol. The molecule has 1 aliphatic heterocycles. The molecular formula is C28H32N2O3. The van der Waals surface area contributed by atoms with Gasteiger partial charge in [0.2, 0.25) is 0 Å². The Balaban J connectivity index is 1.48. The second kappa shape index (κ2) is 10.5. The Morgan fingerprint density at radius 3 is 2.70 bits per heavy atom. The third-order valence-corrected chi connectivity index (χ3v) is 6.25. The van der Waals surface area contributed by atoms with Gasteiger partial charge in [-0.3, -0.25) is 0 Å². The van der Waals surface area contributed by atoms with E-state index in [0.717, 1.165) is 24.3 Å². The molecule has 0 saturated carbocycles. The van der Waals surface area contributed by atoms with Gasteiger partial charge in [0.05, 0.1) is 13.7 Å². The van der Waals surface area contributed by atoms with E-state index in [2.05, 4.69) is 72.9 Å². The molecule has 0 saturated heterocycles. The van der Waals surface area contributed by atoms with Crippen molar-refractivity contribution in [2.75, 3.05) is 26.8 Å². The highest BCUT2D eigenvalue weighted by Crippen LogP contribution is 2.32. The Hall–Kier alpha value is -3.31. The SMILES string of the molecule is CCOC(=O)N1CC=C(c2cc(CN[C@H](C)c3cccc4ccccc34)ccc2OC)CC1. The zero-order valence-electron chi connectivity index (χ0n) is 19.6. The van der Waals surface area contributed by atoms with Crippen LogP contribution in [-0.2, 0) is 11.3 Å². The first-order chi connectivity index (χ1) is 16.1. The van der Waals surface area contributed by atoms with Crippen molar-refractivity contribution in [3.8, 4) is 5.75 Å². The summed E-state index contributed by atoms with van der Waals surface area (Å²) in [5.41, 5.74) is 4.80. The first kappa shape index (κ1) is 22.9. The van der Waals surface area contributed by atoms with Gasteiger partial charge in [-0.15, -0.1) is 0 Å². The molecule has 1 aliphatic rings. The highest BCUT2D eigenvalue weighted by atomic mass is 16.6. The normalized spacial score (nSPS) is 14.6. The van der Waals surface area contributed by atoms with E-state index >= 15 is 0 Å². The van der Waals surface area contributed by atoms with Crippen LogP contribution in [0.4, 0.5) is 4.79 Å². The van der Waals surface area contributed by atoms with Gasteiger partial charge in [-0.2, -0.15) is 0 Å². The van der Waals surface area contributed by atoms with Crippen LogP contribution in [0.3, 0.4) is 0 Å². The number of hydrogen-bond donors (Lipinski definition) is 1. The van der Waals surface area contributed by atoms with E-state index in [-0.39, 0.29) is 12.1 Å². The summed E-state index contributed by atoms with van der Waals surface area (Å²) in [6, 6.07) is 21.5. The van der Waals surface area contributed by atoms with Crippen molar-refractivity contribution in [1.82, 2.24) is 10.2 Å². The Morgan fingerprint density at radius 1 is 1.12 bits per heavy atom. The van der Waals surface area contributed by atoms with Crippen LogP contribution in [-0.4, -0.2) is 37.8 Å². The zero-order chi connectivity index (χ0) is 23.2. The molecule has 0 fully saturated rings. The molecule has 3 aromatic carbocycles. The molecule has 1 amide bonds. The van der Waals surface area contributed by atoms with Gasteiger partial charge in [-0.1, -0.05) is 54.6 Å². The fourth-order valence-corrected chi connectivity index (χ4v) is 4.42.